The molecule has 0 atom stereocenters. The summed E-state index contributed by atoms with van der Waals surface area (Å²) in [5, 5.41) is 24.5. The highest BCUT2D eigenvalue weighted by Crippen LogP contribution is 2.39. The summed E-state index contributed by atoms with van der Waals surface area (Å²) in [5.74, 6) is -2.22. The van der Waals surface area contributed by atoms with Crippen LogP contribution in [0.4, 0.5) is 0 Å². The molecule has 4 aromatic carbocycles. The molecule has 0 heterocycles. The molecule has 116 valence electrons. The smallest absolute Gasteiger partial charge is 0.376 e. The first-order chi connectivity index (χ1) is 11.6. The molecule has 0 radical (unpaired) electrons. The Kier molecular flexibility index (Phi) is 3.00. The molecule has 0 saturated heterocycles. The minimum atomic E-state index is -1.48. The Morgan fingerprint density at radius 2 is 1.38 bits per heavy atom. The number of hydrogen-bond donors (Lipinski definition) is 2. The summed E-state index contributed by atoms with van der Waals surface area (Å²) in [6.07, 6.45) is 2.58. The van der Waals surface area contributed by atoms with Crippen LogP contribution >= 0.6 is 0 Å². The number of aliphatic carboxylic acids is 1. The zero-order chi connectivity index (χ0) is 16.8. The summed E-state index contributed by atoms with van der Waals surface area (Å²) in [4.78, 5) is 22.0. The molecule has 0 amide bonds. The molecule has 4 rings (SSSR count). The number of hydrogen-bond acceptors (Lipinski definition) is 3. The monoisotopic (exact) mass is 316 g/mol. The second kappa shape index (κ2) is 5.06. The van der Waals surface area contributed by atoms with E-state index in [-0.39, 0.29) is 5.75 Å². The van der Waals surface area contributed by atoms with Crippen LogP contribution in [-0.2, 0) is 9.59 Å². The van der Waals surface area contributed by atoms with Crippen molar-refractivity contribution in [1.29, 1.82) is 0 Å². The molecule has 24 heavy (non-hydrogen) atoms. The van der Waals surface area contributed by atoms with Crippen LogP contribution < -0.4 is 0 Å². The third-order valence-corrected chi connectivity index (χ3v) is 4.30. The van der Waals surface area contributed by atoms with Gasteiger partial charge >= 0.3 is 5.97 Å². The average Bonchev–Trinajstić information content (AvgIpc) is 2.59. The van der Waals surface area contributed by atoms with Gasteiger partial charge < -0.3 is 10.2 Å². The van der Waals surface area contributed by atoms with Crippen molar-refractivity contribution in [3.05, 3.63) is 60.2 Å². The second-order valence-corrected chi connectivity index (χ2v) is 5.66. The van der Waals surface area contributed by atoms with Gasteiger partial charge in [0.1, 0.15) is 5.75 Å². The summed E-state index contributed by atoms with van der Waals surface area (Å²) in [5.41, 5.74) is 0.759. The maximum atomic E-state index is 11.3. The highest BCUT2D eigenvalue weighted by molar-refractivity contribution is 6.38. The normalized spacial score (nSPS) is 11.8. The van der Waals surface area contributed by atoms with Gasteiger partial charge in [-0.05, 0) is 45.3 Å². The number of carboxylic acid groups (broad SMARTS) is 1. The lowest BCUT2D eigenvalue weighted by Gasteiger charge is -2.13. The van der Waals surface area contributed by atoms with Crippen molar-refractivity contribution in [1.82, 2.24) is 0 Å². The fraction of sp³-hybridized carbons (Fsp3) is 0. The van der Waals surface area contributed by atoms with Crippen LogP contribution in [0.15, 0.2) is 54.6 Å². The Balaban J connectivity index is 2.06. The van der Waals surface area contributed by atoms with Gasteiger partial charge in [0.2, 0.25) is 0 Å². The lowest BCUT2D eigenvalue weighted by molar-refractivity contribution is -0.146. The maximum absolute atomic E-state index is 11.3. The number of carbonyl (C=O) groups excluding carboxylic acids is 1. The van der Waals surface area contributed by atoms with Gasteiger partial charge in [-0.2, -0.15) is 0 Å². The molecular weight excluding hydrogens is 304 g/mol. The fourth-order valence-electron chi connectivity index (χ4n) is 3.19. The van der Waals surface area contributed by atoms with E-state index in [1.807, 2.05) is 42.5 Å². The van der Waals surface area contributed by atoms with Crippen molar-refractivity contribution in [3.8, 4) is 5.75 Å². The first-order valence-electron chi connectivity index (χ1n) is 7.41. The minimum absolute atomic E-state index is 0.221. The van der Waals surface area contributed by atoms with Gasteiger partial charge in [0.25, 0.3) is 5.78 Å². The molecule has 0 aliphatic rings. The fourth-order valence-corrected chi connectivity index (χ4v) is 3.19. The lowest BCUT2D eigenvalue weighted by atomic mass is 9.91. The number of phenolic OH excluding ortho intramolecular Hbond substituents is 1. The SMILES string of the molecule is O=C(O)C(=O)/C=C\c1ccc2ccc3ccc(O)c4ccc1c2c34. The van der Waals surface area contributed by atoms with E-state index in [4.69, 9.17) is 5.11 Å². The van der Waals surface area contributed by atoms with Crippen molar-refractivity contribution >= 4 is 50.1 Å². The Morgan fingerprint density at radius 1 is 0.792 bits per heavy atom. The van der Waals surface area contributed by atoms with Crippen molar-refractivity contribution < 1.29 is 19.8 Å². The largest absolute Gasteiger partial charge is 0.507 e. The quantitative estimate of drug-likeness (QED) is 0.341. The number of phenols is 1. The number of carboxylic acids is 1. The van der Waals surface area contributed by atoms with Crippen LogP contribution in [0.2, 0.25) is 0 Å². The van der Waals surface area contributed by atoms with Gasteiger partial charge in [-0.1, -0.05) is 42.5 Å². The molecule has 0 bridgehead atoms. The van der Waals surface area contributed by atoms with Crippen molar-refractivity contribution in [2.45, 2.75) is 0 Å². The van der Waals surface area contributed by atoms with E-state index >= 15 is 0 Å². The van der Waals surface area contributed by atoms with E-state index in [0.717, 1.165) is 44.0 Å². The van der Waals surface area contributed by atoms with Crippen molar-refractivity contribution in [2.24, 2.45) is 0 Å². The third-order valence-electron chi connectivity index (χ3n) is 4.30. The summed E-state index contributed by atoms with van der Waals surface area (Å²) in [6.45, 7) is 0. The predicted octanol–water partition coefficient (Wildman–Crippen LogP) is 3.96. The third kappa shape index (κ3) is 2.01. The zero-order valence-electron chi connectivity index (χ0n) is 12.5. The zero-order valence-corrected chi connectivity index (χ0v) is 12.5. The molecule has 4 heteroatoms. The summed E-state index contributed by atoms with van der Waals surface area (Å²) in [7, 11) is 0. The van der Waals surface area contributed by atoms with Gasteiger partial charge in [-0.3, -0.25) is 4.79 Å². The number of benzene rings is 4. The second-order valence-electron chi connectivity index (χ2n) is 5.66. The van der Waals surface area contributed by atoms with E-state index in [1.165, 1.54) is 6.08 Å². The van der Waals surface area contributed by atoms with Crippen LogP contribution in [0.1, 0.15) is 5.56 Å². The first-order valence-corrected chi connectivity index (χ1v) is 7.41. The highest BCUT2D eigenvalue weighted by atomic mass is 16.4. The van der Waals surface area contributed by atoms with Gasteiger partial charge in [-0.25, -0.2) is 4.79 Å². The molecule has 0 fully saturated rings. The van der Waals surface area contributed by atoms with Crippen LogP contribution in [0.25, 0.3) is 38.4 Å². The number of aromatic hydroxyl groups is 1. The van der Waals surface area contributed by atoms with Gasteiger partial charge in [-0.15, -0.1) is 0 Å². The van der Waals surface area contributed by atoms with E-state index in [2.05, 4.69) is 0 Å². The molecule has 0 aliphatic carbocycles. The predicted molar refractivity (Wildman–Crippen MR) is 93.5 cm³/mol. The van der Waals surface area contributed by atoms with Gasteiger partial charge in [0.05, 0.1) is 0 Å². The Bertz CT molecular complexity index is 1150. The molecule has 0 unspecified atom stereocenters. The molecule has 0 spiro atoms. The van der Waals surface area contributed by atoms with E-state index < -0.39 is 11.8 Å². The van der Waals surface area contributed by atoms with Crippen LogP contribution in [0.5, 0.6) is 5.75 Å². The topological polar surface area (TPSA) is 74.6 Å². The lowest BCUT2D eigenvalue weighted by Crippen LogP contribution is -2.08. The Labute approximate surface area is 136 Å². The molecular formula is C20H12O4. The molecule has 4 aromatic rings. The van der Waals surface area contributed by atoms with Crippen LogP contribution in [0.3, 0.4) is 0 Å². The van der Waals surface area contributed by atoms with Gasteiger partial charge in [0.15, 0.2) is 0 Å². The Hall–Kier alpha value is -3.40. The first kappa shape index (κ1) is 14.2. The maximum Gasteiger partial charge on any atom is 0.376 e. The minimum Gasteiger partial charge on any atom is -0.507 e. The van der Waals surface area contributed by atoms with Crippen LogP contribution in [-0.4, -0.2) is 22.0 Å². The number of ketones is 1. The van der Waals surface area contributed by atoms with E-state index in [1.54, 1.807) is 6.07 Å². The van der Waals surface area contributed by atoms with E-state index in [0.29, 0.717) is 0 Å². The summed E-state index contributed by atoms with van der Waals surface area (Å²) in [6, 6.07) is 15.1. The average molecular weight is 316 g/mol. The molecule has 0 aliphatic heterocycles. The van der Waals surface area contributed by atoms with Crippen molar-refractivity contribution in [3.63, 3.8) is 0 Å². The van der Waals surface area contributed by atoms with Gasteiger partial charge in [0, 0.05) is 10.8 Å². The van der Waals surface area contributed by atoms with E-state index in [9.17, 15) is 14.7 Å². The summed E-state index contributed by atoms with van der Waals surface area (Å²) < 4.78 is 0. The molecule has 0 aromatic heterocycles. The number of carbonyl (C=O) groups is 2. The number of rotatable bonds is 3. The summed E-state index contributed by atoms with van der Waals surface area (Å²) >= 11 is 0. The highest BCUT2D eigenvalue weighted by Gasteiger charge is 2.12. The standard InChI is InChI=1S/C20H12O4/c21-16-9-6-13-4-3-12-2-1-11(5-10-17(22)20(23)24)14-7-8-15(16)19(13)18(12)14/h1-10,21H,(H,23,24)/b10-5-. The van der Waals surface area contributed by atoms with Crippen molar-refractivity contribution in [2.75, 3.05) is 0 Å². The van der Waals surface area contributed by atoms with Crippen LogP contribution in [0, 0.1) is 0 Å². The molecule has 4 nitrogen and oxygen atoms in total. The molecule has 0 saturated carbocycles. The Morgan fingerprint density at radius 3 is 2.08 bits per heavy atom. The molecule has 2 N–H and O–H groups in total.